The number of benzene rings is 1. The summed E-state index contributed by atoms with van der Waals surface area (Å²) in [6.07, 6.45) is 4.33. The third kappa shape index (κ3) is 5.51. The lowest BCUT2D eigenvalue weighted by atomic mass is 10.3. The van der Waals surface area contributed by atoms with Crippen LogP contribution in [0.15, 0.2) is 35.7 Å². The molecular formula is C20H27ClN6OS. The average molecular weight is 435 g/mol. The fourth-order valence-corrected chi connectivity index (χ4v) is 4.87. The van der Waals surface area contributed by atoms with Crippen molar-refractivity contribution in [2.24, 2.45) is 0 Å². The van der Waals surface area contributed by atoms with Crippen molar-refractivity contribution in [3.05, 3.63) is 35.6 Å². The van der Waals surface area contributed by atoms with E-state index < -0.39 is 0 Å². The van der Waals surface area contributed by atoms with Crippen LogP contribution in [0.1, 0.15) is 12.8 Å². The lowest BCUT2D eigenvalue weighted by Crippen LogP contribution is -2.50. The van der Waals surface area contributed by atoms with Gasteiger partial charge in [-0.15, -0.1) is 10.2 Å². The lowest BCUT2D eigenvalue weighted by molar-refractivity contribution is -0.130. The Bertz CT molecular complexity index is 817. The van der Waals surface area contributed by atoms with Gasteiger partial charge in [0.2, 0.25) is 5.91 Å². The van der Waals surface area contributed by atoms with Crippen molar-refractivity contribution in [1.29, 1.82) is 0 Å². The molecule has 3 heterocycles. The van der Waals surface area contributed by atoms with Crippen molar-refractivity contribution in [1.82, 2.24) is 29.5 Å². The van der Waals surface area contributed by atoms with E-state index in [4.69, 9.17) is 11.6 Å². The Morgan fingerprint density at radius 2 is 1.76 bits per heavy atom. The highest BCUT2D eigenvalue weighted by atomic mass is 35.5. The minimum absolute atomic E-state index is 0.162. The van der Waals surface area contributed by atoms with E-state index in [2.05, 4.69) is 20.0 Å². The maximum absolute atomic E-state index is 12.7. The Morgan fingerprint density at radius 1 is 1.03 bits per heavy atom. The van der Waals surface area contributed by atoms with Gasteiger partial charge in [-0.3, -0.25) is 14.3 Å². The number of nitrogens with zero attached hydrogens (tertiary/aromatic N) is 6. The number of aromatic nitrogens is 3. The minimum Gasteiger partial charge on any atom is -0.339 e. The van der Waals surface area contributed by atoms with Crippen LogP contribution >= 0.6 is 23.4 Å². The molecule has 0 bridgehead atoms. The van der Waals surface area contributed by atoms with Crippen LogP contribution in [-0.2, 0) is 4.79 Å². The maximum Gasteiger partial charge on any atom is 0.233 e. The monoisotopic (exact) mass is 434 g/mol. The highest BCUT2D eigenvalue weighted by Gasteiger charge is 2.22. The summed E-state index contributed by atoms with van der Waals surface area (Å²) < 4.78 is 1.86. The molecule has 1 amide bonds. The number of hydrogen-bond acceptors (Lipinski definition) is 6. The Balaban J connectivity index is 1.23. The predicted octanol–water partition coefficient (Wildman–Crippen LogP) is 2.25. The van der Waals surface area contributed by atoms with Gasteiger partial charge in [0.05, 0.1) is 11.4 Å². The van der Waals surface area contributed by atoms with Crippen molar-refractivity contribution in [3.8, 4) is 5.69 Å². The smallest absolute Gasteiger partial charge is 0.233 e. The van der Waals surface area contributed by atoms with Gasteiger partial charge in [0.25, 0.3) is 0 Å². The average Bonchev–Trinajstić information content (AvgIpc) is 3.43. The molecule has 4 rings (SSSR count). The summed E-state index contributed by atoms with van der Waals surface area (Å²) in [5.74, 6) is 0.530. The number of thioether (sulfide) groups is 1. The van der Waals surface area contributed by atoms with E-state index in [1.165, 1.54) is 37.7 Å². The largest absolute Gasteiger partial charge is 0.339 e. The number of halogens is 1. The van der Waals surface area contributed by atoms with Gasteiger partial charge < -0.3 is 9.80 Å². The second kappa shape index (κ2) is 9.93. The first-order chi connectivity index (χ1) is 14.2. The number of carbonyl (C=O) groups is 1. The molecule has 0 radical (unpaired) electrons. The van der Waals surface area contributed by atoms with Crippen LogP contribution in [0.4, 0.5) is 0 Å². The van der Waals surface area contributed by atoms with Crippen molar-refractivity contribution < 1.29 is 4.79 Å². The Kier molecular flexibility index (Phi) is 7.07. The van der Waals surface area contributed by atoms with E-state index in [9.17, 15) is 4.79 Å². The van der Waals surface area contributed by atoms with Crippen LogP contribution in [0.3, 0.4) is 0 Å². The van der Waals surface area contributed by atoms with Crippen LogP contribution in [0, 0.1) is 0 Å². The first-order valence-corrected chi connectivity index (χ1v) is 11.6. The molecule has 2 aliphatic heterocycles. The van der Waals surface area contributed by atoms with Crippen molar-refractivity contribution >= 4 is 29.3 Å². The Morgan fingerprint density at radius 3 is 2.48 bits per heavy atom. The molecule has 9 heteroatoms. The van der Waals surface area contributed by atoms with Crippen molar-refractivity contribution in [3.63, 3.8) is 0 Å². The van der Waals surface area contributed by atoms with E-state index in [-0.39, 0.29) is 5.91 Å². The minimum atomic E-state index is 0.162. The lowest BCUT2D eigenvalue weighted by Gasteiger charge is -2.35. The summed E-state index contributed by atoms with van der Waals surface area (Å²) in [7, 11) is 0. The van der Waals surface area contributed by atoms with E-state index in [0.29, 0.717) is 15.9 Å². The molecule has 0 saturated carbocycles. The van der Waals surface area contributed by atoms with Gasteiger partial charge in [-0.05, 0) is 44.1 Å². The number of carbonyl (C=O) groups excluding carboxylic acids is 1. The fraction of sp³-hybridized carbons (Fsp3) is 0.550. The molecule has 0 spiro atoms. The van der Waals surface area contributed by atoms with E-state index >= 15 is 0 Å². The quantitative estimate of drug-likeness (QED) is 0.623. The highest BCUT2D eigenvalue weighted by molar-refractivity contribution is 7.99. The van der Waals surface area contributed by atoms with Crippen LogP contribution in [0.2, 0.25) is 5.02 Å². The number of hydrogen-bond donors (Lipinski definition) is 0. The molecule has 1 aromatic carbocycles. The number of amides is 1. The summed E-state index contributed by atoms with van der Waals surface area (Å²) in [4.78, 5) is 19.7. The molecular weight excluding hydrogens is 408 g/mol. The molecule has 2 aromatic rings. The summed E-state index contributed by atoms with van der Waals surface area (Å²) in [6, 6.07) is 7.53. The molecule has 2 saturated heterocycles. The summed E-state index contributed by atoms with van der Waals surface area (Å²) in [5.41, 5.74) is 0.893. The second-order valence-corrected chi connectivity index (χ2v) is 8.90. The van der Waals surface area contributed by atoms with Gasteiger partial charge in [0.1, 0.15) is 6.33 Å². The fourth-order valence-electron chi connectivity index (χ4n) is 3.85. The standard InChI is InChI=1S/C20H27ClN6OS/c21-17-4-3-5-18(14-17)27-16-22-23-20(27)29-15-19(28)26-12-10-25(11-13-26)9-8-24-6-1-2-7-24/h3-5,14,16H,1-2,6-13,15H2. The zero-order valence-corrected chi connectivity index (χ0v) is 18.1. The van der Waals surface area contributed by atoms with Gasteiger partial charge in [0.15, 0.2) is 5.16 Å². The zero-order valence-electron chi connectivity index (χ0n) is 16.5. The van der Waals surface area contributed by atoms with Gasteiger partial charge in [-0.2, -0.15) is 0 Å². The predicted molar refractivity (Wildman–Crippen MR) is 116 cm³/mol. The molecule has 1 aromatic heterocycles. The molecule has 0 atom stereocenters. The van der Waals surface area contributed by atoms with E-state index in [1.54, 1.807) is 6.33 Å². The first-order valence-electron chi connectivity index (χ1n) is 10.2. The van der Waals surface area contributed by atoms with Crippen molar-refractivity contribution in [2.45, 2.75) is 18.0 Å². The summed E-state index contributed by atoms with van der Waals surface area (Å²) >= 11 is 7.50. The SMILES string of the molecule is O=C(CSc1nncn1-c1cccc(Cl)c1)N1CCN(CCN2CCCC2)CC1. The van der Waals surface area contributed by atoms with Crippen molar-refractivity contribution in [2.75, 3.05) is 58.1 Å². The van der Waals surface area contributed by atoms with Gasteiger partial charge in [-0.25, -0.2) is 0 Å². The molecule has 2 fully saturated rings. The van der Waals surface area contributed by atoms with Crippen LogP contribution in [0.5, 0.6) is 0 Å². The van der Waals surface area contributed by atoms with Crippen LogP contribution in [0.25, 0.3) is 5.69 Å². The van der Waals surface area contributed by atoms with Gasteiger partial charge >= 0.3 is 0 Å². The number of rotatable bonds is 7. The molecule has 0 unspecified atom stereocenters. The Hall–Kier alpha value is -1.61. The van der Waals surface area contributed by atoms with Crippen LogP contribution < -0.4 is 0 Å². The first kappa shape index (κ1) is 20.7. The van der Waals surface area contributed by atoms with E-state index in [0.717, 1.165) is 45.0 Å². The summed E-state index contributed by atoms with van der Waals surface area (Å²) in [5, 5.41) is 9.51. The summed E-state index contributed by atoms with van der Waals surface area (Å²) in [6.45, 7) is 8.29. The normalized spacial score (nSPS) is 18.4. The number of piperazine rings is 1. The molecule has 29 heavy (non-hydrogen) atoms. The van der Waals surface area contributed by atoms with Gasteiger partial charge in [-0.1, -0.05) is 29.4 Å². The molecule has 7 nitrogen and oxygen atoms in total. The molecule has 0 aliphatic carbocycles. The van der Waals surface area contributed by atoms with E-state index in [1.807, 2.05) is 33.7 Å². The highest BCUT2D eigenvalue weighted by Crippen LogP contribution is 2.22. The van der Waals surface area contributed by atoms with Gasteiger partial charge in [0, 0.05) is 44.3 Å². The van der Waals surface area contributed by atoms with Crippen LogP contribution in [-0.4, -0.2) is 93.5 Å². The maximum atomic E-state index is 12.7. The topological polar surface area (TPSA) is 57.5 Å². The third-order valence-electron chi connectivity index (χ3n) is 5.58. The number of likely N-dealkylation sites (tertiary alicyclic amines) is 1. The Labute approximate surface area is 181 Å². The molecule has 0 N–H and O–H groups in total. The second-order valence-electron chi connectivity index (χ2n) is 7.52. The zero-order chi connectivity index (χ0) is 20.1. The molecule has 2 aliphatic rings. The third-order valence-corrected chi connectivity index (χ3v) is 6.75. The molecule has 156 valence electrons.